The molecular weight excluding hydrogens is 453 g/mol. The number of halogens is 3. The summed E-state index contributed by atoms with van der Waals surface area (Å²) in [6.45, 7) is 2.38. The number of aryl methyl sites for hydroxylation is 1. The van der Waals surface area contributed by atoms with Crippen molar-refractivity contribution in [2.75, 3.05) is 18.5 Å². The van der Waals surface area contributed by atoms with Gasteiger partial charge in [0.2, 0.25) is 0 Å². The smallest absolute Gasteiger partial charge is 0.274 e. The summed E-state index contributed by atoms with van der Waals surface area (Å²) in [5, 5.41) is 11.9. The zero-order chi connectivity index (χ0) is 21.3. The molecule has 0 atom stereocenters. The van der Waals surface area contributed by atoms with Gasteiger partial charge in [-0.05, 0) is 42.4 Å². The van der Waals surface area contributed by atoms with Crippen LogP contribution in [0, 0.1) is 6.92 Å². The summed E-state index contributed by atoms with van der Waals surface area (Å²) in [6.07, 6.45) is 1.56. The van der Waals surface area contributed by atoms with Gasteiger partial charge < -0.3 is 14.9 Å². The molecule has 3 heterocycles. The first-order chi connectivity index (χ1) is 14.4. The molecule has 0 saturated heterocycles. The van der Waals surface area contributed by atoms with Crippen molar-refractivity contribution in [1.29, 1.82) is 0 Å². The Morgan fingerprint density at radius 3 is 2.73 bits per heavy atom. The number of rotatable bonds is 4. The molecule has 8 nitrogen and oxygen atoms in total. The van der Waals surface area contributed by atoms with Gasteiger partial charge in [-0.3, -0.25) is 4.79 Å². The molecule has 0 radical (unpaired) electrons. The fraction of sp³-hybridized carbons (Fsp3) is 0.158. The van der Waals surface area contributed by atoms with Gasteiger partial charge in [-0.1, -0.05) is 34.8 Å². The van der Waals surface area contributed by atoms with E-state index in [1.807, 2.05) is 0 Å². The monoisotopic (exact) mass is 465 g/mol. The Balaban J connectivity index is 1.74. The number of carbonyl (C=O) groups is 1. The van der Waals surface area contributed by atoms with Crippen molar-refractivity contribution in [3.05, 3.63) is 68.5 Å². The van der Waals surface area contributed by atoms with Crippen LogP contribution < -0.4 is 5.32 Å². The van der Waals surface area contributed by atoms with Crippen LogP contribution in [0.2, 0.25) is 15.1 Å². The Bertz CT molecular complexity index is 1160. The number of hydrogen-bond acceptors (Lipinski definition) is 6. The van der Waals surface area contributed by atoms with Crippen molar-refractivity contribution < 1.29 is 14.4 Å². The van der Waals surface area contributed by atoms with Crippen LogP contribution in [0.1, 0.15) is 21.7 Å². The molecule has 2 aromatic heterocycles. The molecule has 1 aliphatic rings. The second-order valence-electron chi connectivity index (χ2n) is 6.23. The molecule has 0 bridgehead atoms. The predicted octanol–water partition coefficient (Wildman–Crippen LogP) is 4.50. The van der Waals surface area contributed by atoms with Crippen LogP contribution in [-0.4, -0.2) is 39.8 Å². The number of amides is 1. The predicted molar refractivity (Wildman–Crippen MR) is 114 cm³/mol. The molecule has 154 valence electrons. The van der Waals surface area contributed by atoms with Gasteiger partial charge in [-0.25, -0.2) is 9.67 Å². The normalized spacial score (nSPS) is 13.3. The Kier molecular flexibility index (Phi) is 5.80. The van der Waals surface area contributed by atoms with Crippen LogP contribution >= 0.6 is 34.8 Å². The van der Waals surface area contributed by atoms with Gasteiger partial charge >= 0.3 is 0 Å². The number of carbonyl (C=O) groups excluding carboxylic acids is 1. The lowest BCUT2D eigenvalue weighted by molar-refractivity contribution is 0.0656. The Morgan fingerprint density at radius 2 is 2.00 bits per heavy atom. The van der Waals surface area contributed by atoms with E-state index < -0.39 is 5.91 Å². The zero-order valence-corrected chi connectivity index (χ0v) is 17.8. The van der Waals surface area contributed by atoms with Gasteiger partial charge in [-0.2, -0.15) is 5.10 Å². The van der Waals surface area contributed by atoms with Crippen molar-refractivity contribution in [1.82, 2.24) is 14.8 Å². The van der Waals surface area contributed by atoms with Crippen molar-refractivity contribution >= 4 is 52.3 Å². The first kappa shape index (κ1) is 20.5. The van der Waals surface area contributed by atoms with Crippen molar-refractivity contribution in [2.45, 2.75) is 6.92 Å². The van der Waals surface area contributed by atoms with Gasteiger partial charge in [0.15, 0.2) is 12.4 Å². The SMILES string of the molecule is Cc1cc(C(=O)Nc2c(Cl)cc(Cl)cc2C2=NOCCO2)n(-c2ncccc2Cl)n1. The topological polar surface area (TPSA) is 90.6 Å². The lowest BCUT2D eigenvalue weighted by Gasteiger charge is -2.18. The molecule has 0 spiro atoms. The molecule has 1 aromatic carbocycles. The first-order valence-corrected chi connectivity index (χ1v) is 9.88. The molecule has 1 N–H and O–H groups in total. The first-order valence-electron chi connectivity index (χ1n) is 8.75. The quantitative estimate of drug-likeness (QED) is 0.611. The van der Waals surface area contributed by atoms with E-state index in [9.17, 15) is 4.79 Å². The molecule has 0 fully saturated rings. The fourth-order valence-electron chi connectivity index (χ4n) is 2.84. The number of oxime groups is 1. The van der Waals surface area contributed by atoms with E-state index in [0.717, 1.165) is 0 Å². The number of benzene rings is 1. The average Bonchev–Trinajstić information content (AvgIpc) is 3.12. The maximum Gasteiger partial charge on any atom is 0.274 e. The van der Waals surface area contributed by atoms with E-state index in [1.165, 1.54) is 10.7 Å². The minimum absolute atomic E-state index is 0.165. The van der Waals surface area contributed by atoms with Crippen LogP contribution in [0.3, 0.4) is 0 Å². The van der Waals surface area contributed by atoms with E-state index >= 15 is 0 Å². The second kappa shape index (κ2) is 8.51. The maximum atomic E-state index is 13.2. The fourth-order valence-corrected chi connectivity index (χ4v) is 3.58. The van der Waals surface area contributed by atoms with Gasteiger partial charge in [-0.15, -0.1) is 0 Å². The lowest BCUT2D eigenvalue weighted by Crippen LogP contribution is -2.22. The van der Waals surface area contributed by atoms with Gasteiger partial charge in [0.05, 0.1) is 27.0 Å². The molecule has 0 unspecified atom stereocenters. The maximum absolute atomic E-state index is 13.2. The highest BCUT2D eigenvalue weighted by molar-refractivity contribution is 6.38. The highest BCUT2D eigenvalue weighted by atomic mass is 35.5. The summed E-state index contributed by atoms with van der Waals surface area (Å²) in [4.78, 5) is 22.5. The minimum atomic E-state index is -0.486. The van der Waals surface area contributed by atoms with Crippen LogP contribution in [0.5, 0.6) is 0 Å². The molecule has 30 heavy (non-hydrogen) atoms. The number of hydrogen-bond donors (Lipinski definition) is 1. The van der Waals surface area contributed by atoms with Crippen LogP contribution in [-0.2, 0) is 9.57 Å². The highest BCUT2D eigenvalue weighted by Gasteiger charge is 2.23. The third kappa shape index (κ3) is 4.07. The Labute approximate surface area is 186 Å². The molecule has 11 heteroatoms. The van der Waals surface area contributed by atoms with E-state index in [0.29, 0.717) is 40.3 Å². The average molecular weight is 467 g/mol. The molecule has 4 rings (SSSR count). The van der Waals surface area contributed by atoms with Crippen molar-refractivity contribution in [3.8, 4) is 5.82 Å². The highest BCUT2D eigenvalue weighted by Crippen LogP contribution is 2.32. The molecule has 1 aliphatic heterocycles. The van der Waals surface area contributed by atoms with E-state index in [1.54, 1.807) is 37.4 Å². The van der Waals surface area contributed by atoms with E-state index in [-0.39, 0.29) is 22.3 Å². The van der Waals surface area contributed by atoms with Gasteiger partial charge in [0, 0.05) is 11.2 Å². The van der Waals surface area contributed by atoms with Crippen molar-refractivity contribution in [3.63, 3.8) is 0 Å². The van der Waals surface area contributed by atoms with E-state index in [4.69, 9.17) is 44.4 Å². The number of anilines is 1. The Morgan fingerprint density at radius 1 is 1.17 bits per heavy atom. The second-order valence-corrected chi connectivity index (χ2v) is 7.48. The number of nitrogens with one attached hydrogen (secondary N) is 1. The largest absolute Gasteiger partial charge is 0.471 e. The summed E-state index contributed by atoms with van der Waals surface area (Å²) in [5.41, 5.74) is 1.48. The van der Waals surface area contributed by atoms with Crippen LogP contribution in [0.4, 0.5) is 5.69 Å². The lowest BCUT2D eigenvalue weighted by atomic mass is 10.1. The van der Waals surface area contributed by atoms with Gasteiger partial charge in [0.25, 0.3) is 11.8 Å². The summed E-state index contributed by atoms with van der Waals surface area (Å²) < 4.78 is 6.90. The van der Waals surface area contributed by atoms with E-state index in [2.05, 4.69) is 20.6 Å². The van der Waals surface area contributed by atoms with Crippen LogP contribution in [0.25, 0.3) is 5.82 Å². The van der Waals surface area contributed by atoms with Gasteiger partial charge in [0.1, 0.15) is 12.3 Å². The third-order valence-corrected chi connectivity index (χ3v) is 4.90. The summed E-state index contributed by atoms with van der Waals surface area (Å²) >= 11 is 18.7. The molecule has 1 amide bonds. The number of aromatic nitrogens is 3. The number of ether oxygens (including phenoxy) is 1. The molecule has 3 aromatic rings. The van der Waals surface area contributed by atoms with Crippen molar-refractivity contribution in [2.24, 2.45) is 5.16 Å². The number of nitrogens with zero attached hydrogens (tertiary/aromatic N) is 4. The summed E-state index contributed by atoms with van der Waals surface area (Å²) in [7, 11) is 0. The standard InChI is InChI=1S/C19H14Cl3N5O3/c1-10-7-15(27(25-10)17-13(21)3-2-4-23-17)18(28)24-16-12(8-11(20)9-14(16)22)19-26-30-6-5-29-19/h2-4,7-9H,5-6H2,1H3,(H,24,28). The zero-order valence-electron chi connectivity index (χ0n) is 15.5. The summed E-state index contributed by atoms with van der Waals surface area (Å²) in [5.74, 6) is 0.00626. The number of pyridine rings is 1. The molecule has 0 saturated carbocycles. The Hall–Kier alpha value is -2.81. The van der Waals surface area contributed by atoms with Crippen LogP contribution in [0.15, 0.2) is 41.7 Å². The third-order valence-electron chi connectivity index (χ3n) is 4.09. The molecular formula is C19H14Cl3N5O3. The molecule has 0 aliphatic carbocycles. The summed E-state index contributed by atoms with van der Waals surface area (Å²) in [6, 6.07) is 8.05. The minimum Gasteiger partial charge on any atom is -0.471 e.